The minimum atomic E-state index is -0.540. The van der Waals surface area contributed by atoms with E-state index in [0.29, 0.717) is 40.8 Å². The van der Waals surface area contributed by atoms with Gasteiger partial charge in [0.05, 0.1) is 25.0 Å². The zero-order valence-electron chi connectivity index (χ0n) is 23.0. The van der Waals surface area contributed by atoms with Crippen molar-refractivity contribution in [2.45, 2.75) is 13.8 Å². The van der Waals surface area contributed by atoms with Crippen LogP contribution in [-0.2, 0) is 0 Å². The number of fused-ring (bicyclic) bond motifs is 1. The predicted molar refractivity (Wildman–Crippen MR) is 164 cm³/mol. The summed E-state index contributed by atoms with van der Waals surface area (Å²) in [4.78, 5) is 29.2. The van der Waals surface area contributed by atoms with E-state index in [1.165, 1.54) is 6.21 Å². The molecule has 1 heterocycles. The number of halogens is 1. The summed E-state index contributed by atoms with van der Waals surface area (Å²) in [5.41, 5.74) is 6.42. The van der Waals surface area contributed by atoms with Crippen molar-refractivity contribution >= 4 is 40.6 Å². The van der Waals surface area contributed by atoms with Gasteiger partial charge in [0.1, 0.15) is 11.4 Å². The molecule has 212 valence electrons. The maximum absolute atomic E-state index is 13.3. The fraction of sp³-hybridized carbons (Fsp3) is 0.121. The van der Waals surface area contributed by atoms with E-state index in [2.05, 4.69) is 15.5 Å². The molecule has 0 saturated heterocycles. The lowest BCUT2D eigenvalue weighted by molar-refractivity contribution is 0.0728. The molecule has 2 N–H and O–H groups in total. The summed E-state index contributed by atoms with van der Waals surface area (Å²) in [7, 11) is 0. The smallest absolute Gasteiger partial charge is 0.343 e. The Hall–Kier alpha value is -5.08. The quantitative estimate of drug-likeness (QED) is 0.0781. The number of benzene rings is 4. The summed E-state index contributed by atoms with van der Waals surface area (Å²) < 4.78 is 16.9. The van der Waals surface area contributed by atoms with Gasteiger partial charge < -0.3 is 19.2 Å². The van der Waals surface area contributed by atoms with Gasteiger partial charge in [-0.1, -0.05) is 41.9 Å². The molecule has 1 aromatic heterocycles. The van der Waals surface area contributed by atoms with Crippen molar-refractivity contribution in [1.29, 1.82) is 0 Å². The number of esters is 1. The Bertz CT molecular complexity index is 1750. The Labute approximate surface area is 247 Å². The summed E-state index contributed by atoms with van der Waals surface area (Å²) in [5, 5.41) is 5.56. The molecule has 4 aromatic carbocycles. The van der Waals surface area contributed by atoms with Gasteiger partial charge in [0.25, 0.3) is 5.91 Å². The number of aromatic nitrogens is 1. The first-order chi connectivity index (χ1) is 20.5. The van der Waals surface area contributed by atoms with Gasteiger partial charge in [-0.2, -0.15) is 5.10 Å². The minimum Gasteiger partial charge on any atom is -0.494 e. The number of amides is 1. The van der Waals surface area contributed by atoms with E-state index in [1.54, 1.807) is 42.5 Å². The molecule has 0 saturated carbocycles. The normalized spacial score (nSPS) is 11.0. The maximum atomic E-state index is 13.3. The van der Waals surface area contributed by atoms with Crippen molar-refractivity contribution in [3.05, 3.63) is 113 Å². The zero-order chi connectivity index (χ0) is 29.5. The molecule has 0 unspecified atom stereocenters. The second kappa shape index (κ2) is 13.1. The number of nitrogens with zero attached hydrogens (tertiary/aromatic N) is 1. The van der Waals surface area contributed by atoms with Crippen molar-refractivity contribution < 1.29 is 23.8 Å². The van der Waals surface area contributed by atoms with E-state index >= 15 is 0 Å². The fourth-order valence-corrected chi connectivity index (χ4v) is 4.55. The van der Waals surface area contributed by atoms with Crippen LogP contribution in [0.3, 0.4) is 0 Å². The van der Waals surface area contributed by atoms with Crippen molar-refractivity contribution in [3.8, 4) is 28.4 Å². The predicted octanol–water partition coefficient (Wildman–Crippen LogP) is 7.27. The van der Waals surface area contributed by atoms with Crippen LogP contribution in [0, 0.1) is 0 Å². The number of rotatable bonds is 10. The molecule has 0 aliphatic carbocycles. The number of nitrogens with one attached hydrogen (secondary N) is 2. The number of aromatic amines is 1. The van der Waals surface area contributed by atoms with Gasteiger partial charge in [-0.3, -0.25) is 4.79 Å². The molecule has 0 atom stereocenters. The molecule has 0 aliphatic rings. The molecule has 5 aromatic rings. The van der Waals surface area contributed by atoms with E-state index in [1.807, 2.05) is 62.4 Å². The van der Waals surface area contributed by atoms with Gasteiger partial charge in [-0.05, 0) is 85.6 Å². The molecule has 0 spiro atoms. The van der Waals surface area contributed by atoms with Crippen LogP contribution in [0.25, 0.3) is 22.0 Å². The van der Waals surface area contributed by atoms with Crippen LogP contribution in [-0.4, -0.2) is 36.3 Å². The number of hydrogen-bond donors (Lipinski definition) is 2. The van der Waals surface area contributed by atoms with Crippen LogP contribution in [0.1, 0.15) is 40.3 Å². The van der Waals surface area contributed by atoms with Gasteiger partial charge >= 0.3 is 5.97 Å². The first-order valence-electron chi connectivity index (χ1n) is 13.4. The van der Waals surface area contributed by atoms with Crippen LogP contribution in [0.4, 0.5) is 0 Å². The van der Waals surface area contributed by atoms with Crippen LogP contribution in [0.15, 0.2) is 96.1 Å². The molecule has 0 bridgehead atoms. The van der Waals surface area contributed by atoms with E-state index in [4.69, 9.17) is 25.8 Å². The van der Waals surface area contributed by atoms with Crippen LogP contribution in [0.2, 0.25) is 5.02 Å². The monoisotopic (exact) mass is 581 g/mol. The van der Waals surface area contributed by atoms with Crippen LogP contribution < -0.4 is 19.6 Å². The highest BCUT2D eigenvalue weighted by Crippen LogP contribution is 2.35. The number of hydrazone groups is 1. The number of hydrogen-bond acceptors (Lipinski definition) is 6. The van der Waals surface area contributed by atoms with E-state index < -0.39 is 11.9 Å². The van der Waals surface area contributed by atoms with E-state index in [0.717, 1.165) is 27.8 Å². The van der Waals surface area contributed by atoms with Gasteiger partial charge in [0, 0.05) is 21.5 Å². The Morgan fingerprint density at radius 1 is 0.881 bits per heavy atom. The average molecular weight is 582 g/mol. The van der Waals surface area contributed by atoms with Crippen LogP contribution >= 0.6 is 11.6 Å². The Balaban J connectivity index is 1.36. The first-order valence-corrected chi connectivity index (χ1v) is 13.8. The van der Waals surface area contributed by atoms with Crippen molar-refractivity contribution in [2.24, 2.45) is 5.10 Å². The molecule has 9 heteroatoms. The van der Waals surface area contributed by atoms with Crippen molar-refractivity contribution in [3.63, 3.8) is 0 Å². The highest BCUT2D eigenvalue weighted by Gasteiger charge is 2.20. The van der Waals surface area contributed by atoms with Gasteiger partial charge in [0.2, 0.25) is 0 Å². The summed E-state index contributed by atoms with van der Waals surface area (Å²) >= 11 is 5.91. The molecule has 5 rings (SSSR count). The Kier molecular flexibility index (Phi) is 8.84. The number of ether oxygens (including phenoxy) is 3. The van der Waals surface area contributed by atoms with Gasteiger partial charge in [0.15, 0.2) is 11.5 Å². The molecule has 42 heavy (non-hydrogen) atoms. The van der Waals surface area contributed by atoms with Gasteiger partial charge in [-0.15, -0.1) is 0 Å². The van der Waals surface area contributed by atoms with Crippen molar-refractivity contribution in [1.82, 2.24) is 10.4 Å². The molecule has 0 fully saturated rings. The Morgan fingerprint density at radius 3 is 2.38 bits per heavy atom. The molecule has 1 amide bonds. The third-order valence-corrected chi connectivity index (χ3v) is 6.55. The van der Waals surface area contributed by atoms with Crippen molar-refractivity contribution in [2.75, 3.05) is 13.2 Å². The zero-order valence-corrected chi connectivity index (χ0v) is 23.8. The molecular weight excluding hydrogens is 554 g/mol. The largest absolute Gasteiger partial charge is 0.494 e. The summed E-state index contributed by atoms with van der Waals surface area (Å²) in [6, 6.07) is 26.8. The van der Waals surface area contributed by atoms with Gasteiger partial charge in [-0.25, -0.2) is 10.2 Å². The first kappa shape index (κ1) is 28.4. The van der Waals surface area contributed by atoms with E-state index in [9.17, 15) is 9.59 Å². The second-order valence-corrected chi connectivity index (χ2v) is 9.55. The lowest BCUT2D eigenvalue weighted by Crippen LogP contribution is -2.18. The third kappa shape index (κ3) is 6.45. The fourth-order valence-electron chi connectivity index (χ4n) is 4.43. The number of carbonyl (C=O) groups is 2. The SMILES string of the molecule is CCOc1ccc2[nH]c(C(=O)NN=Cc3ccc(OC(=O)c4ccc(Cl)cc4)c(OCC)c3)c(-c3ccccc3)c2c1. The minimum absolute atomic E-state index is 0.259. The van der Waals surface area contributed by atoms with E-state index in [-0.39, 0.29) is 5.75 Å². The second-order valence-electron chi connectivity index (χ2n) is 9.12. The van der Waals surface area contributed by atoms with Crippen LogP contribution in [0.5, 0.6) is 17.2 Å². The Morgan fingerprint density at radius 2 is 1.64 bits per heavy atom. The average Bonchev–Trinajstić information content (AvgIpc) is 3.38. The topological polar surface area (TPSA) is 102 Å². The highest BCUT2D eigenvalue weighted by atomic mass is 35.5. The molecular formula is C33H28ClN3O5. The number of carbonyl (C=O) groups excluding carboxylic acids is 2. The maximum Gasteiger partial charge on any atom is 0.343 e. The summed E-state index contributed by atoms with van der Waals surface area (Å²) in [5.74, 6) is 0.399. The summed E-state index contributed by atoms with van der Waals surface area (Å²) in [6.07, 6.45) is 1.49. The highest BCUT2D eigenvalue weighted by molar-refractivity contribution is 6.30. The lowest BCUT2D eigenvalue weighted by atomic mass is 10.0. The summed E-state index contributed by atoms with van der Waals surface area (Å²) in [6.45, 7) is 4.65. The lowest BCUT2D eigenvalue weighted by Gasteiger charge is -2.11. The molecule has 0 radical (unpaired) electrons. The third-order valence-electron chi connectivity index (χ3n) is 6.30. The standard InChI is InChI=1S/C33H28ClN3O5/c1-3-40-25-15-16-27-26(19-25)30(22-8-6-5-7-9-22)31(36-27)32(38)37-35-20-21-10-17-28(29(18-21)41-4-2)42-33(39)23-11-13-24(34)14-12-23/h5-20,36H,3-4H2,1-2H3,(H,37,38). The molecule has 8 nitrogen and oxygen atoms in total. The molecule has 0 aliphatic heterocycles. The number of H-pyrrole nitrogens is 1.